The van der Waals surface area contributed by atoms with E-state index in [1.165, 1.54) is 54.6 Å². The van der Waals surface area contributed by atoms with Crippen LogP contribution in [0.3, 0.4) is 0 Å². The van der Waals surface area contributed by atoms with E-state index in [4.69, 9.17) is 37.6 Å². The quantitative estimate of drug-likeness (QED) is 0.00495. The first kappa shape index (κ1) is 79.3. The van der Waals surface area contributed by atoms with Crippen molar-refractivity contribution >= 4 is 211 Å². The maximum absolute atomic E-state index is 13.0. The highest BCUT2D eigenvalue weighted by Gasteiger charge is 2.28. The lowest BCUT2D eigenvalue weighted by molar-refractivity contribution is -0.432. The van der Waals surface area contributed by atoms with E-state index in [0.29, 0.717) is 28.9 Å². The first-order valence-corrected chi connectivity index (χ1v) is 40.1. The van der Waals surface area contributed by atoms with Gasteiger partial charge in [-0.3, -0.25) is 18.2 Å². The maximum Gasteiger partial charge on any atom is 0.397 e. The highest BCUT2D eigenvalue weighted by molar-refractivity contribution is 8.00. The molecule has 0 aliphatic carbocycles. The molecule has 53 heteroatoms. The number of thioether (sulfide) groups is 2. The Morgan fingerprint density at radius 2 is 1.01 bits per heavy atom. The van der Waals surface area contributed by atoms with E-state index in [1.54, 1.807) is 6.07 Å². The summed E-state index contributed by atoms with van der Waals surface area (Å²) in [5.41, 5.74) is -1.32. The van der Waals surface area contributed by atoms with Gasteiger partial charge in [0.05, 0.1) is 62.0 Å². The Kier molecular flexibility index (Phi) is 25.2. The van der Waals surface area contributed by atoms with Crippen molar-refractivity contribution in [3.05, 3.63) is 114 Å². The van der Waals surface area contributed by atoms with Crippen molar-refractivity contribution < 1.29 is 117 Å². The summed E-state index contributed by atoms with van der Waals surface area (Å²) in [6.07, 6.45) is 0. The van der Waals surface area contributed by atoms with E-state index >= 15 is 0 Å². The third kappa shape index (κ3) is 21.9. The zero-order valence-electron chi connectivity index (χ0n) is 51.0. The average Bonchev–Trinajstić information content (AvgIpc) is 0.756. The van der Waals surface area contributed by atoms with Gasteiger partial charge in [-0.1, -0.05) is 58.9 Å². The molecule has 0 aliphatic rings. The molecule has 13 N–H and O–H groups in total. The Labute approximate surface area is 607 Å². The summed E-state index contributed by atoms with van der Waals surface area (Å²) in [5.74, 6) is -9.05. The van der Waals surface area contributed by atoms with Gasteiger partial charge < -0.3 is 41.9 Å². The molecule has 104 heavy (non-hydrogen) atoms. The largest absolute Gasteiger partial charge is 0.505 e. The number of fused-ring (bicyclic) bond motifs is 2. The van der Waals surface area contributed by atoms with Crippen molar-refractivity contribution in [1.82, 2.24) is 44.9 Å². The summed E-state index contributed by atoms with van der Waals surface area (Å²) in [5, 5.41) is 65.4. The van der Waals surface area contributed by atoms with Crippen LogP contribution in [0.1, 0.15) is 0 Å². The summed E-state index contributed by atoms with van der Waals surface area (Å²) in [4.78, 5) is 60.6. The van der Waals surface area contributed by atoms with Crippen LogP contribution in [0.5, 0.6) is 5.75 Å². The van der Waals surface area contributed by atoms with E-state index in [9.17, 15) is 84.5 Å². The summed E-state index contributed by atoms with van der Waals surface area (Å²) in [7, 11) is -28.4. The molecule has 6 aromatic carbocycles. The number of aromatic hydroxyl groups is 1. The zero-order chi connectivity index (χ0) is 75.7. The van der Waals surface area contributed by atoms with E-state index < -0.39 is 187 Å². The first-order valence-electron chi connectivity index (χ1n) is 27.7. The molecular weight excluding hydrogens is 1610 g/mol. The second-order valence-electron chi connectivity index (χ2n) is 20.1. The number of carboxylic acids is 2. The number of sulfone groups is 2. The van der Waals surface area contributed by atoms with Crippen molar-refractivity contribution in [1.29, 1.82) is 0 Å². The molecule has 3 heterocycles. The number of azo groups is 1. The van der Waals surface area contributed by atoms with Crippen LogP contribution in [0.2, 0.25) is 10.6 Å². The Morgan fingerprint density at radius 1 is 0.529 bits per heavy atom. The SMILES string of the molecule is O=C(O)C(CSc1nc(Nc2cc(S(=O)(=O)O)cc3cc(SOOO)c(/N=N/c4ccc5ccccc5c4S(=O)(=O)O)c(O)c23)nc(SCC(Nc2nc(Cl)nc(Nc3ccc(S(=O)(=O)CCOS(=O)(=O)O)cc3)n2)C(=O)O)n1)Nc1nc(Cl)nc(Nc2ccc(S(=O)(=O)CCOS(=O)(=O)O)cc2)n1. The molecule has 0 radical (unpaired) electrons. The highest BCUT2D eigenvalue weighted by atomic mass is 35.5. The third-order valence-electron chi connectivity index (χ3n) is 13.1. The Bertz CT molecular complexity index is 5360. The number of phenolic OH excluding ortho intramolecular Hbond substituents is 1. The topological polar surface area (TPSA) is 639 Å². The Balaban J connectivity index is 1.05. The average molecular weight is 1660 g/mol. The van der Waals surface area contributed by atoms with Crippen LogP contribution in [-0.4, -0.2) is 194 Å². The Hall–Kier alpha value is -8.82. The van der Waals surface area contributed by atoms with Gasteiger partial charge in [0.2, 0.25) is 40.3 Å². The van der Waals surface area contributed by atoms with Gasteiger partial charge in [0, 0.05) is 33.7 Å². The monoisotopic (exact) mass is 1650 g/mol. The predicted octanol–water partition coefficient (Wildman–Crippen LogP) is 6.63. The molecule has 0 aliphatic heterocycles. The normalized spacial score (nSPS) is 13.0. The number of benzene rings is 6. The van der Waals surface area contributed by atoms with Crippen LogP contribution in [-0.2, 0) is 88.0 Å². The van der Waals surface area contributed by atoms with Gasteiger partial charge in [-0.25, -0.2) is 40.0 Å². The molecule has 9 rings (SSSR count). The molecule has 2 atom stereocenters. The van der Waals surface area contributed by atoms with Gasteiger partial charge in [0.15, 0.2) is 35.7 Å². The molecule has 3 aromatic heterocycles. The minimum atomic E-state index is -5.21. The Morgan fingerprint density at radius 3 is 1.47 bits per heavy atom. The molecule has 0 saturated heterocycles. The number of phenols is 1. The number of nitrogens with one attached hydrogen (secondary N) is 5. The van der Waals surface area contributed by atoms with Gasteiger partial charge in [0.25, 0.3) is 20.2 Å². The van der Waals surface area contributed by atoms with Gasteiger partial charge in [-0.05, 0) is 107 Å². The number of carboxylic acid groups (broad SMARTS) is 2. The lowest BCUT2D eigenvalue weighted by Gasteiger charge is -2.17. The zero-order valence-corrected chi connectivity index (χ0v) is 59.8. The van der Waals surface area contributed by atoms with Crippen molar-refractivity contribution in [3.63, 3.8) is 0 Å². The molecular formula is C51H44Cl2N16O26S9. The lowest BCUT2D eigenvalue weighted by atomic mass is 10.1. The number of anilines is 8. The lowest BCUT2D eigenvalue weighted by Crippen LogP contribution is -2.33. The van der Waals surface area contributed by atoms with E-state index in [2.05, 4.69) is 99.4 Å². The van der Waals surface area contributed by atoms with Crippen LogP contribution < -0.4 is 26.6 Å². The standard InChI is InChI=1S/C51H44Cl2N16O26S9/c52-43-59-45(54-26-6-10-28(11-7-26)99(76,77)17-15-92-103(86,87)88)63-47(61-43)57-34(41(71)72)22-96-50-65-49(66-51(67-50)97-23-35(42(73)74)58-48-62-44(53)60-46(64-48)55-27-8-12-29(13-9-27)100(78,79)18-16-93-104(89,90)91)56-33-21-30(101(80,81)82)19-25-20-36(98-95-94-75)38(39(70)37(25)33)69-68-32-14-5-24-3-1-2-4-31(24)40(32)102(83,84)85/h1-14,19-21,34-35,70,75H,15-18,22-23H2,(H,71,72)(H,73,74)(H,80,81,82)(H,83,84,85)(H,86,87,88)(H,89,90,91)(H,56,65,66,67)(H2,54,57,59,61,63)(H2,55,58,60,62,64)/b69-68+. The van der Waals surface area contributed by atoms with Crippen LogP contribution >= 0.6 is 58.8 Å². The fraction of sp³-hybridized carbons (Fsp3) is 0.157. The van der Waals surface area contributed by atoms with Gasteiger partial charge >= 0.3 is 32.7 Å². The van der Waals surface area contributed by atoms with Gasteiger partial charge in [-0.2, -0.15) is 78.5 Å². The van der Waals surface area contributed by atoms with Gasteiger partial charge in [0.1, 0.15) is 28.4 Å². The van der Waals surface area contributed by atoms with Crippen molar-refractivity contribution in [2.45, 2.75) is 46.9 Å². The molecule has 0 saturated carbocycles. The first-order chi connectivity index (χ1) is 48.8. The number of aromatic nitrogens is 9. The number of halogens is 2. The molecule has 2 unspecified atom stereocenters. The summed E-state index contributed by atoms with van der Waals surface area (Å²) < 4.78 is 197. The molecule has 552 valence electrons. The van der Waals surface area contributed by atoms with Crippen LogP contribution in [0, 0.1) is 0 Å². The second-order valence-corrected chi connectivity index (χ2v) is 32.7. The molecule has 0 bridgehead atoms. The van der Waals surface area contributed by atoms with Crippen LogP contribution in [0.15, 0.2) is 148 Å². The molecule has 0 amide bonds. The molecule has 9 aromatic rings. The highest BCUT2D eigenvalue weighted by Crippen LogP contribution is 2.48. The van der Waals surface area contributed by atoms with Crippen LogP contribution in [0.4, 0.5) is 58.2 Å². The predicted molar refractivity (Wildman–Crippen MR) is 367 cm³/mol. The van der Waals surface area contributed by atoms with Crippen molar-refractivity contribution in [2.24, 2.45) is 10.2 Å². The number of hydrogen-bond acceptors (Lipinski definition) is 39. The van der Waals surface area contributed by atoms with E-state index in [1.807, 2.05) is 0 Å². The number of carbonyl (C=O) groups is 2. The smallest absolute Gasteiger partial charge is 0.397 e. The maximum atomic E-state index is 13.0. The van der Waals surface area contributed by atoms with Crippen molar-refractivity contribution in [2.75, 3.05) is 62.8 Å². The molecule has 0 spiro atoms. The summed E-state index contributed by atoms with van der Waals surface area (Å²) in [6, 6.07) is 17.3. The minimum Gasteiger partial charge on any atom is -0.505 e. The number of nitrogens with zero attached hydrogens (tertiary/aromatic N) is 11. The summed E-state index contributed by atoms with van der Waals surface area (Å²) >= 11 is 13.7. The molecule has 0 fully saturated rings. The van der Waals surface area contributed by atoms with Crippen molar-refractivity contribution in [3.8, 4) is 5.75 Å². The second kappa shape index (κ2) is 33.1. The van der Waals surface area contributed by atoms with Crippen LogP contribution in [0.25, 0.3) is 21.5 Å². The fourth-order valence-corrected chi connectivity index (χ4v) is 15.6. The van der Waals surface area contributed by atoms with E-state index in [0.717, 1.165) is 42.5 Å². The molecule has 42 nitrogen and oxygen atoms in total. The van der Waals surface area contributed by atoms with E-state index in [-0.39, 0.29) is 71.1 Å². The van der Waals surface area contributed by atoms with Gasteiger partial charge in [-0.15, -0.1) is 14.6 Å². The minimum absolute atomic E-state index is 0.0000958. The number of hydrogen-bond donors (Lipinski definition) is 13. The third-order valence-corrected chi connectivity index (χ3v) is 22.0. The number of aliphatic carboxylic acids is 2. The fourth-order valence-electron chi connectivity index (χ4n) is 8.65. The number of rotatable bonds is 35. The summed E-state index contributed by atoms with van der Waals surface area (Å²) in [6.45, 7) is -1.80.